The number of rotatable bonds is 6. The van der Waals surface area contributed by atoms with Gasteiger partial charge in [-0.1, -0.05) is 49.1 Å². The number of nitrogens with zero attached hydrogens (tertiary/aromatic N) is 2. The summed E-state index contributed by atoms with van der Waals surface area (Å²) in [5, 5.41) is 10.2. The number of nitrogens with one attached hydrogen (secondary N) is 2. The molecular formula is C22H26N4O2. The Bertz CT molecular complexity index is 920. The summed E-state index contributed by atoms with van der Waals surface area (Å²) in [7, 11) is 0. The van der Waals surface area contributed by atoms with E-state index in [0.29, 0.717) is 30.5 Å². The van der Waals surface area contributed by atoms with Gasteiger partial charge in [0.2, 0.25) is 5.91 Å². The number of aromatic amines is 1. The fourth-order valence-electron chi connectivity index (χ4n) is 3.73. The summed E-state index contributed by atoms with van der Waals surface area (Å²) in [5.74, 6) is 2.34. The van der Waals surface area contributed by atoms with Crippen LogP contribution >= 0.6 is 0 Å². The van der Waals surface area contributed by atoms with Crippen molar-refractivity contribution in [3.05, 3.63) is 53.7 Å². The van der Waals surface area contributed by atoms with E-state index in [0.717, 1.165) is 17.0 Å². The van der Waals surface area contributed by atoms with Crippen molar-refractivity contribution < 1.29 is 9.21 Å². The largest absolute Gasteiger partial charge is 0.441 e. The molecule has 146 valence electrons. The van der Waals surface area contributed by atoms with Crippen LogP contribution in [0.1, 0.15) is 61.6 Å². The highest BCUT2D eigenvalue weighted by molar-refractivity contribution is 5.89. The van der Waals surface area contributed by atoms with Crippen LogP contribution in [-0.4, -0.2) is 21.1 Å². The lowest BCUT2D eigenvalue weighted by molar-refractivity contribution is -0.116. The van der Waals surface area contributed by atoms with Gasteiger partial charge in [0.05, 0.1) is 6.20 Å². The molecule has 2 heterocycles. The lowest BCUT2D eigenvalue weighted by Crippen LogP contribution is -2.12. The van der Waals surface area contributed by atoms with Crippen LogP contribution in [0.2, 0.25) is 0 Å². The van der Waals surface area contributed by atoms with E-state index in [1.807, 2.05) is 37.3 Å². The summed E-state index contributed by atoms with van der Waals surface area (Å²) in [6.45, 7) is 2.05. The molecule has 0 bridgehead atoms. The molecule has 1 aliphatic carbocycles. The van der Waals surface area contributed by atoms with Crippen LogP contribution in [0, 0.1) is 6.92 Å². The molecule has 1 fully saturated rings. The Kier molecular flexibility index (Phi) is 5.55. The average Bonchev–Trinajstić information content (AvgIpc) is 3.37. The average molecular weight is 378 g/mol. The molecule has 1 saturated carbocycles. The van der Waals surface area contributed by atoms with E-state index in [9.17, 15) is 4.79 Å². The van der Waals surface area contributed by atoms with Crippen molar-refractivity contribution in [1.82, 2.24) is 15.2 Å². The predicted molar refractivity (Wildman–Crippen MR) is 108 cm³/mol. The van der Waals surface area contributed by atoms with Gasteiger partial charge >= 0.3 is 0 Å². The van der Waals surface area contributed by atoms with Crippen LogP contribution in [0.15, 0.2) is 40.9 Å². The van der Waals surface area contributed by atoms with E-state index in [-0.39, 0.29) is 5.91 Å². The number of benzene rings is 1. The number of oxazole rings is 1. The molecule has 6 nitrogen and oxygen atoms in total. The van der Waals surface area contributed by atoms with Gasteiger partial charge in [0.15, 0.2) is 17.5 Å². The Labute approximate surface area is 164 Å². The van der Waals surface area contributed by atoms with Gasteiger partial charge in [0.25, 0.3) is 0 Å². The van der Waals surface area contributed by atoms with E-state index >= 15 is 0 Å². The summed E-state index contributed by atoms with van der Waals surface area (Å²) in [6, 6.07) is 10.1. The fraction of sp³-hybridized carbons (Fsp3) is 0.409. The normalized spacial score (nSPS) is 14.9. The molecule has 2 aromatic heterocycles. The van der Waals surface area contributed by atoms with Crippen LogP contribution < -0.4 is 5.32 Å². The van der Waals surface area contributed by atoms with Gasteiger partial charge in [-0.05, 0) is 19.8 Å². The van der Waals surface area contributed by atoms with Crippen LogP contribution in [0.5, 0.6) is 0 Å². The Morgan fingerprint density at radius 3 is 2.79 bits per heavy atom. The molecule has 1 aliphatic rings. The summed E-state index contributed by atoms with van der Waals surface area (Å²) >= 11 is 0. The predicted octanol–water partition coefficient (Wildman–Crippen LogP) is 4.99. The number of carbonyl (C=O) groups excluding carboxylic acids is 1. The Balaban J connectivity index is 1.29. The minimum Gasteiger partial charge on any atom is -0.441 e. The zero-order valence-electron chi connectivity index (χ0n) is 16.2. The molecule has 1 aromatic carbocycles. The second kappa shape index (κ2) is 8.42. The third-order valence-electron chi connectivity index (χ3n) is 5.37. The molecule has 6 heteroatoms. The van der Waals surface area contributed by atoms with Gasteiger partial charge in [0.1, 0.15) is 0 Å². The van der Waals surface area contributed by atoms with Crippen molar-refractivity contribution in [3.8, 4) is 11.3 Å². The lowest BCUT2D eigenvalue weighted by atomic mass is 9.87. The minimum absolute atomic E-state index is 0.0863. The zero-order valence-corrected chi connectivity index (χ0v) is 16.2. The molecule has 0 saturated heterocycles. The standard InChI is InChI=1S/C22H26N4O2/c1-15-7-9-17(10-8-15)19-14-23-22(28-19)12-11-21(27)24-20-13-18(25-26-20)16-5-3-2-4-6-16/h7-10,13-14,16H,2-6,11-12H2,1H3,(H2,24,25,26,27). The number of anilines is 1. The van der Waals surface area contributed by atoms with Gasteiger partial charge < -0.3 is 9.73 Å². The van der Waals surface area contributed by atoms with Crippen molar-refractivity contribution in [2.75, 3.05) is 5.32 Å². The maximum absolute atomic E-state index is 12.3. The number of aromatic nitrogens is 3. The summed E-state index contributed by atoms with van der Waals surface area (Å²) in [4.78, 5) is 16.5. The Morgan fingerprint density at radius 1 is 1.21 bits per heavy atom. The minimum atomic E-state index is -0.0863. The topological polar surface area (TPSA) is 83.8 Å². The molecule has 0 atom stereocenters. The van der Waals surface area contributed by atoms with E-state index in [1.54, 1.807) is 6.20 Å². The highest BCUT2D eigenvalue weighted by Gasteiger charge is 2.18. The van der Waals surface area contributed by atoms with Gasteiger partial charge in [-0.2, -0.15) is 5.10 Å². The first-order chi connectivity index (χ1) is 13.7. The van der Waals surface area contributed by atoms with Gasteiger partial charge in [-0.15, -0.1) is 0 Å². The van der Waals surface area contributed by atoms with E-state index in [4.69, 9.17) is 4.42 Å². The van der Waals surface area contributed by atoms with Gasteiger partial charge in [-0.25, -0.2) is 4.98 Å². The quantitative estimate of drug-likeness (QED) is 0.633. The van der Waals surface area contributed by atoms with Crippen molar-refractivity contribution >= 4 is 11.7 Å². The van der Waals surface area contributed by atoms with Crippen molar-refractivity contribution in [3.63, 3.8) is 0 Å². The van der Waals surface area contributed by atoms with Gasteiger partial charge in [0, 0.05) is 36.1 Å². The maximum atomic E-state index is 12.3. The highest BCUT2D eigenvalue weighted by atomic mass is 16.4. The maximum Gasteiger partial charge on any atom is 0.226 e. The van der Waals surface area contributed by atoms with Gasteiger partial charge in [-0.3, -0.25) is 9.89 Å². The fourth-order valence-corrected chi connectivity index (χ4v) is 3.73. The Morgan fingerprint density at radius 2 is 2.00 bits per heavy atom. The smallest absolute Gasteiger partial charge is 0.226 e. The van der Waals surface area contributed by atoms with Crippen LogP contribution in [0.4, 0.5) is 5.82 Å². The number of H-pyrrole nitrogens is 1. The third kappa shape index (κ3) is 4.50. The van der Waals surface area contributed by atoms with E-state index < -0.39 is 0 Å². The van der Waals surface area contributed by atoms with Crippen LogP contribution in [0.3, 0.4) is 0 Å². The molecule has 0 aliphatic heterocycles. The second-order valence-corrected chi connectivity index (χ2v) is 7.58. The lowest BCUT2D eigenvalue weighted by Gasteiger charge is -2.19. The molecular weight excluding hydrogens is 352 g/mol. The van der Waals surface area contributed by atoms with Crippen molar-refractivity contribution in [2.45, 2.75) is 57.8 Å². The monoisotopic (exact) mass is 378 g/mol. The third-order valence-corrected chi connectivity index (χ3v) is 5.37. The summed E-state index contributed by atoms with van der Waals surface area (Å²) in [5.41, 5.74) is 3.32. The zero-order chi connectivity index (χ0) is 19.3. The molecule has 0 radical (unpaired) electrons. The molecule has 0 spiro atoms. The number of amides is 1. The highest BCUT2D eigenvalue weighted by Crippen LogP contribution is 2.32. The second-order valence-electron chi connectivity index (χ2n) is 7.58. The molecule has 0 unspecified atom stereocenters. The van der Waals surface area contributed by atoms with E-state index in [2.05, 4.69) is 20.5 Å². The van der Waals surface area contributed by atoms with Crippen LogP contribution in [-0.2, 0) is 11.2 Å². The first-order valence-electron chi connectivity index (χ1n) is 10.0. The van der Waals surface area contributed by atoms with E-state index in [1.165, 1.54) is 37.7 Å². The summed E-state index contributed by atoms with van der Waals surface area (Å²) < 4.78 is 5.78. The number of hydrogen-bond donors (Lipinski definition) is 2. The van der Waals surface area contributed by atoms with Crippen molar-refractivity contribution in [2.24, 2.45) is 0 Å². The number of aryl methyl sites for hydroxylation is 2. The van der Waals surface area contributed by atoms with Crippen LogP contribution in [0.25, 0.3) is 11.3 Å². The molecule has 2 N–H and O–H groups in total. The Hall–Kier alpha value is -2.89. The van der Waals surface area contributed by atoms with Crippen molar-refractivity contribution in [1.29, 1.82) is 0 Å². The summed E-state index contributed by atoms with van der Waals surface area (Å²) in [6.07, 6.45) is 8.73. The molecule has 3 aromatic rings. The molecule has 1 amide bonds. The SMILES string of the molecule is Cc1ccc(-c2cnc(CCC(=O)Nc3cc(C4CCCCC4)[nH]n3)o2)cc1. The number of carbonyl (C=O) groups is 1. The number of hydrogen-bond acceptors (Lipinski definition) is 4. The molecule has 4 rings (SSSR count). The first-order valence-corrected chi connectivity index (χ1v) is 10.0. The first kappa shape index (κ1) is 18.5. The molecule has 28 heavy (non-hydrogen) atoms.